The van der Waals surface area contributed by atoms with Crippen LogP contribution in [-0.2, 0) is 11.2 Å². The summed E-state index contributed by atoms with van der Waals surface area (Å²) in [5.74, 6) is 2.11. The number of hydrogen-bond acceptors (Lipinski definition) is 5. The van der Waals surface area contributed by atoms with Crippen molar-refractivity contribution < 1.29 is 9.53 Å². The molecule has 1 unspecified atom stereocenters. The van der Waals surface area contributed by atoms with E-state index in [2.05, 4.69) is 40.8 Å². The molecule has 0 aliphatic carbocycles. The van der Waals surface area contributed by atoms with Crippen LogP contribution in [0.3, 0.4) is 0 Å². The van der Waals surface area contributed by atoms with Crippen molar-refractivity contribution >= 4 is 11.7 Å². The zero-order valence-electron chi connectivity index (χ0n) is 15.8. The summed E-state index contributed by atoms with van der Waals surface area (Å²) in [6.45, 7) is 7.47. The largest absolute Gasteiger partial charge is 0.487 e. The third-order valence-electron chi connectivity index (χ3n) is 4.71. The molecule has 2 aromatic rings. The molecule has 26 heavy (non-hydrogen) atoms. The van der Waals surface area contributed by atoms with Gasteiger partial charge in [0, 0.05) is 18.8 Å². The second kappa shape index (κ2) is 8.30. The summed E-state index contributed by atoms with van der Waals surface area (Å²) in [4.78, 5) is 22.3. The number of carbonyl (C=O) groups excluding carboxylic acids is 1. The van der Waals surface area contributed by atoms with Gasteiger partial charge in [-0.3, -0.25) is 0 Å². The predicted octanol–water partition coefficient (Wildman–Crippen LogP) is 3.78. The van der Waals surface area contributed by atoms with Crippen molar-refractivity contribution in [3.8, 4) is 5.75 Å². The van der Waals surface area contributed by atoms with E-state index in [0.717, 1.165) is 37.6 Å². The van der Waals surface area contributed by atoms with E-state index < -0.39 is 0 Å². The second-order valence-corrected chi connectivity index (χ2v) is 7.16. The molecular weight excluding hydrogens is 326 g/mol. The average Bonchev–Trinajstić information content (AvgIpc) is 2.59. The topological polar surface area (TPSA) is 55.3 Å². The quantitative estimate of drug-likeness (QED) is 0.723. The molecule has 1 saturated heterocycles. The smallest absolute Gasteiger partial charge is 0.225 e. The first-order valence-electron chi connectivity index (χ1n) is 9.37. The molecule has 0 amide bonds. The molecule has 1 aliphatic heterocycles. The first-order valence-corrected chi connectivity index (χ1v) is 9.37. The summed E-state index contributed by atoms with van der Waals surface area (Å²) in [7, 11) is 0. The van der Waals surface area contributed by atoms with E-state index in [0.29, 0.717) is 6.42 Å². The maximum atomic E-state index is 11.2. The average molecular weight is 353 g/mol. The van der Waals surface area contributed by atoms with Gasteiger partial charge < -0.3 is 14.4 Å². The van der Waals surface area contributed by atoms with Crippen molar-refractivity contribution in [3.05, 3.63) is 47.8 Å². The van der Waals surface area contributed by atoms with Crippen LogP contribution in [0.5, 0.6) is 5.75 Å². The van der Waals surface area contributed by atoms with Crippen LogP contribution >= 0.6 is 0 Å². The molecule has 3 rings (SSSR count). The van der Waals surface area contributed by atoms with E-state index in [4.69, 9.17) is 4.74 Å². The molecule has 0 saturated carbocycles. The summed E-state index contributed by atoms with van der Waals surface area (Å²) in [6.07, 6.45) is 6.70. The summed E-state index contributed by atoms with van der Waals surface area (Å²) in [5, 5.41) is 0. The van der Waals surface area contributed by atoms with Crippen LogP contribution in [0.4, 0.5) is 5.95 Å². The number of nitrogens with zero attached hydrogens (tertiary/aromatic N) is 3. The van der Waals surface area contributed by atoms with Crippen LogP contribution in [-0.4, -0.2) is 34.9 Å². The first-order chi connectivity index (χ1) is 12.5. The fraction of sp³-hybridized carbons (Fsp3) is 0.476. The minimum Gasteiger partial charge on any atom is -0.487 e. The van der Waals surface area contributed by atoms with Gasteiger partial charge in [-0.05, 0) is 42.5 Å². The van der Waals surface area contributed by atoms with Crippen molar-refractivity contribution in [2.45, 2.75) is 52.1 Å². The number of aromatic nitrogens is 2. The molecule has 2 heterocycles. The third kappa shape index (κ3) is 4.59. The van der Waals surface area contributed by atoms with E-state index in [-0.39, 0.29) is 17.8 Å². The predicted molar refractivity (Wildman–Crippen MR) is 103 cm³/mol. The fourth-order valence-corrected chi connectivity index (χ4v) is 3.22. The van der Waals surface area contributed by atoms with Gasteiger partial charge in [-0.25, -0.2) is 9.97 Å². The van der Waals surface area contributed by atoms with Crippen LogP contribution in [0, 0.1) is 0 Å². The van der Waals surface area contributed by atoms with Gasteiger partial charge in [-0.2, -0.15) is 0 Å². The molecule has 0 bridgehead atoms. The summed E-state index contributed by atoms with van der Waals surface area (Å²) in [6, 6.07) is 8.08. The molecular formula is C21H27N3O2. The summed E-state index contributed by atoms with van der Waals surface area (Å²) >= 11 is 0. The van der Waals surface area contributed by atoms with Crippen molar-refractivity contribution in [2.75, 3.05) is 18.0 Å². The number of benzene rings is 1. The molecule has 1 aliphatic rings. The Labute approximate surface area is 155 Å². The Bertz CT molecular complexity index is 722. The standard InChI is InChI=1S/C21H27N3O2/c1-4-5-17-11-22-21(23-12-17)24-13-20(14-24)26-19-8-6-18(7-9-19)15(2)10-16(3)25/h6-9,11-12,15,20H,4-5,10,13-14H2,1-3H3. The van der Waals surface area contributed by atoms with Crippen LogP contribution < -0.4 is 9.64 Å². The van der Waals surface area contributed by atoms with Crippen LogP contribution in [0.1, 0.15) is 50.7 Å². The van der Waals surface area contributed by atoms with Gasteiger partial charge in [0.05, 0.1) is 13.1 Å². The SMILES string of the molecule is CCCc1cnc(N2CC(Oc3ccc(C(C)CC(C)=O)cc3)C2)nc1. The number of Topliss-reactive ketones (excluding diaryl/α,β-unsaturated/α-hetero) is 1. The lowest BCUT2D eigenvalue weighted by Gasteiger charge is -2.38. The molecule has 1 aromatic carbocycles. The van der Waals surface area contributed by atoms with Crippen LogP contribution in [0.25, 0.3) is 0 Å². The summed E-state index contributed by atoms with van der Waals surface area (Å²) < 4.78 is 6.02. The Kier molecular flexibility index (Phi) is 5.86. The molecule has 0 N–H and O–H groups in total. The lowest BCUT2D eigenvalue weighted by Crippen LogP contribution is -2.54. The highest BCUT2D eigenvalue weighted by Gasteiger charge is 2.30. The zero-order chi connectivity index (χ0) is 18.5. The van der Waals surface area contributed by atoms with Gasteiger partial charge >= 0.3 is 0 Å². The maximum absolute atomic E-state index is 11.2. The van der Waals surface area contributed by atoms with Crippen molar-refractivity contribution in [2.24, 2.45) is 0 Å². The van der Waals surface area contributed by atoms with E-state index in [1.165, 1.54) is 11.1 Å². The molecule has 5 nitrogen and oxygen atoms in total. The normalized spacial score (nSPS) is 15.4. The first kappa shape index (κ1) is 18.4. The van der Waals surface area contributed by atoms with E-state index >= 15 is 0 Å². The van der Waals surface area contributed by atoms with E-state index in [9.17, 15) is 4.79 Å². The Morgan fingerprint density at radius 1 is 1.23 bits per heavy atom. The Hall–Kier alpha value is -2.43. The number of carbonyl (C=O) groups is 1. The molecule has 1 fully saturated rings. The number of ether oxygens (including phenoxy) is 1. The molecule has 5 heteroatoms. The zero-order valence-corrected chi connectivity index (χ0v) is 15.8. The highest BCUT2D eigenvalue weighted by molar-refractivity contribution is 5.76. The molecule has 1 aromatic heterocycles. The molecule has 138 valence electrons. The van der Waals surface area contributed by atoms with Gasteiger partial charge in [0.15, 0.2) is 0 Å². The minimum atomic E-state index is 0.161. The number of ketones is 1. The number of aryl methyl sites for hydroxylation is 1. The van der Waals surface area contributed by atoms with Gasteiger partial charge in [0.2, 0.25) is 5.95 Å². The van der Waals surface area contributed by atoms with Crippen LogP contribution in [0.15, 0.2) is 36.7 Å². The number of rotatable bonds is 8. The monoisotopic (exact) mass is 353 g/mol. The molecule has 1 atom stereocenters. The third-order valence-corrected chi connectivity index (χ3v) is 4.71. The van der Waals surface area contributed by atoms with Crippen LogP contribution in [0.2, 0.25) is 0 Å². The number of anilines is 1. The lowest BCUT2D eigenvalue weighted by atomic mass is 9.96. The van der Waals surface area contributed by atoms with E-state index in [1.807, 2.05) is 24.5 Å². The summed E-state index contributed by atoms with van der Waals surface area (Å²) in [5.41, 5.74) is 2.35. The molecule has 0 radical (unpaired) electrons. The van der Waals surface area contributed by atoms with E-state index in [1.54, 1.807) is 6.92 Å². The molecule has 0 spiro atoms. The van der Waals surface area contributed by atoms with Gasteiger partial charge in [0.25, 0.3) is 0 Å². The lowest BCUT2D eigenvalue weighted by molar-refractivity contribution is -0.117. The van der Waals surface area contributed by atoms with Gasteiger partial charge in [-0.1, -0.05) is 32.4 Å². The fourth-order valence-electron chi connectivity index (χ4n) is 3.22. The second-order valence-electron chi connectivity index (χ2n) is 7.16. The van der Waals surface area contributed by atoms with Gasteiger partial charge in [0.1, 0.15) is 17.6 Å². The Balaban J connectivity index is 1.48. The maximum Gasteiger partial charge on any atom is 0.225 e. The van der Waals surface area contributed by atoms with Crippen molar-refractivity contribution in [3.63, 3.8) is 0 Å². The highest BCUT2D eigenvalue weighted by Crippen LogP contribution is 2.25. The Morgan fingerprint density at radius 2 is 1.88 bits per heavy atom. The highest BCUT2D eigenvalue weighted by atomic mass is 16.5. The Morgan fingerprint density at radius 3 is 2.46 bits per heavy atom. The minimum absolute atomic E-state index is 0.161. The van der Waals surface area contributed by atoms with Gasteiger partial charge in [-0.15, -0.1) is 0 Å². The van der Waals surface area contributed by atoms with Crippen molar-refractivity contribution in [1.29, 1.82) is 0 Å². The van der Waals surface area contributed by atoms with Crippen molar-refractivity contribution in [1.82, 2.24) is 9.97 Å². The number of hydrogen-bond donors (Lipinski definition) is 0.